The predicted octanol–water partition coefficient (Wildman–Crippen LogP) is 2.65. The number of amides is 1. The van der Waals surface area contributed by atoms with Gasteiger partial charge in [0.1, 0.15) is 5.65 Å². The van der Waals surface area contributed by atoms with Gasteiger partial charge in [0.25, 0.3) is 5.91 Å². The molecular weight excluding hydrogens is 491 g/mol. The number of carbonyl (C=O) groups is 1. The number of halogens is 1. The van der Waals surface area contributed by atoms with Gasteiger partial charge >= 0.3 is 0 Å². The Hall–Kier alpha value is -2.62. The zero-order chi connectivity index (χ0) is 20.5. The number of aliphatic imine (C=N–C) groups is 1. The molecule has 1 amide bonds. The quantitative estimate of drug-likeness (QED) is 0.242. The Kier molecular flexibility index (Phi) is 9.59. The molecule has 2 heterocycles. The normalized spacial score (nSPS) is 11.1. The number of guanidine groups is 1. The maximum absolute atomic E-state index is 11.8. The lowest BCUT2D eigenvalue weighted by Crippen LogP contribution is -2.38. The number of nitrogens with one attached hydrogen (secondary N) is 3. The van der Waals surface area contributed by atoms with E-state index in [0.29, 0.717) is 12.1 Å². The molecule has 3 rings (SSSR count). The van der Waals surface area contributed by atoms with Crippen LogP contribution in [-0.4, -0.2) is 47.9 Å². The number of fused-ring (bicyclic) bond motifs is 1. The summed E-state index contributed by atoms with van der Waals surface area (Å²) in [5, 5.41) is 9.28. The topological polar surface area (TPSA) is 82.8 Å². The van der Waals surface area contributed by atoms with Gasteiger partial charge in [-0.05, 0) is 43.2 Å². The molecule has 8 heteroatoms. The first-order valence-electron chi connectivity index (χ1n) is 9.95. The van der Waals surface area contributed by atoms with Crippen LogP contribution in [0.1, 0.15) is 28.5 Å². The van der Waals surface area contributed by atoms with Gasteiger partial charge in [0.15, 0.2) is 5.96 Å². The molecule has 3 aromatic rings. The molecule has 0 saturated carbocycles. The molecule has 0 radical (unpaired) electrons. The maximum Gasteiger partial charge on any atom is 0.251 e. The molecule has 0 spiro atoms. The highest BCUT2D eigenvalue weighted by atomic mass is 127. The van der Waals surface area contributed by atoms with E-state index in [-0.39, 0.29) is 29.9 Å². The number of nitrogens with zero attached hydrogens (tertiary/aromatic N) is 3. The van der Waals surface area contributed by atoms with Crippen molar-refractivity contribution in [3.05, 3.63) is 71.7 Å². The second-order valence-corrected chi connectivity index (χ2v) is 6.67. The van der Waals surface area contributed by atoms with E-state index in [1.54, 1.807) is 7.05 Å². The van der Waals surface area contributed by atoms with E-state index in [1.807, 2.05) is 66.2 Å². The van der Waals surface area contributed by atoms with E-state index in [4.69, 9.17) is 0 Å². The SMILES string of the molecule is CCNC(=NCCc1cn2ccccc2n1)NCCc1cccc(C(=O)NC)c1.I. The molecular formula is C22H29IN6O. The summed E-state index contributed by atoms with van der Waals surface area (Å²) in [6.45, 7) is 4.24. The third-order valence-corrected chi connectivity index (χ3v) is 4.52. The van der Waals surface area contributed by atoms with Crippen LogP contribution in [0.4, 0.5) is 0 Å². The third-order valence-electron chi connectivity index (χ3n) is 4.52. The van der Waals surface area contributed by atoms with Crippen LogP contribution in [0.25, 0.3) is 5.65 Å². The van der Waals surface area contributed by atoms with Crippen LogP contribution in [0.3, 0.4) is 0 Å². The summed E-state index contributed by atoms with van der Waals surface area (Å²) in [6, 6.07) is 13.7. The van der Waals surface area contributed by atoms with Gasteiger partial charge in [0, 0.05) is 51.1 Å². The van der Waals surface area contributed by atoms with Crippen molar-refractivity contribution in [1.82, 2.24) is 25.3 Å². The van der Waals surface area contributed by atoms with E-state index < -0.39 is 0 Å². The summed E-state index contributed by atoms with van der Waals surface area (Å²) < 4.78 is 2.02. The van der Waals surface area contributed by atoms with Crippen molar-refractivity contribution in [3.63, 3.8) is 0 Å². The molecule has 0 aliphatic rings. The minimum Gasteiger partial charge on any atom is -0.357 e. The number of pyridine rings is 1. The molecule has 7 nitrogen and oxygen atoms in total. The zero-order valence-corrected chi connectivity index (χ0v) is 19.7. The minimum atomic E-state index is -0.0679. The summed E-state index contributed by atoms with van der Waals surface area (Å²) in [5.74, 6) is 0.723. The molecule has 30 heavy (non-hydrogen) atoms. The lowest BCUT2D eigenvalue weighted by molar-refractivity contribution is 0.0963. The van der Waals surface area contributed by atoms with Gasteiger partial charge in [-0.15, -0.1) is 24.0 Å². The molecule has 1 aromatic carbocycles. The second-order valence-electron chi connectivity index (χ2n) is 6.67. The van der Waals surface area contributed by atoms with Gasteiger partial charge in [-0.3, -0.25) is 9.79 Å². The van der Waals surface area contributed by atoms with Crippen LogP contribution in [0.5, 0.6) is 0 Å². The number of carbonyl (C=O) groups excluding carboxylic acids is 1. The molecule has 0 fully saturated rings. The fraction of sp³-hybridized carbons (Fsp3) is 0.318. The molecule has 0 aliphatic carbocycles. The van der Waals surface area contributed by atoms with Crippen molar-refractivity contribution in [3.8, 4) is 0 Å². The number of imidazole rings is 1. The minimum absolute atomic E-state index is 0. The maximum atomic E-state index is 11.8. The summed E-state index contributed by atoms with van der Waals surface area (Å²) >= 11 is 0. The first kappa shape index (κ1) is 23.7. The fourth-order valence-electron chi connectivity index (χ4n) is 3.07. The molecule has 0 atom stereocenters. The van der Waals surface area contributed by atoms with Gasteiger partial charge in [0.05, 0.1) is 5.69 Å². The Balaban J connectivity index is 0.00000320. The highest BCUT2D eigenvalue weighted by Crippen LogP contribution is 2.06. The molecule has 2 aromatic heterocycles. The largest absolute Gasteiger partial charge is 0.357 e. The van der Waals surface area contributed by atoms with Crippen LogP contribution < -0.4 is 16.0 Å². The van der Waals surface area contributed by atoms with Crippen molar-refractivity contribution in [1.29, 1.82) is 0 Å². The number of rotatable bonds is 8. The van der Waals surface area contributed by atoms with Gasteiger partial charge < -0.3 is 20.4 Å². The van der Waals surface area contributed by atoms with Crippen LogP contribution in [-0.2, 0) is 12.8 Å². The van der Waals surface area contributed by atoms with Crippen molar-refractivity contribution < 1.29 is 4.79 Å². The van der Waals surface area contributed by atoms with Gasteiger partial charge in [0.2, 0.25) is 0 Å². The van der Waals surface area contributed by atoms with Crippen LogP contribution in [0.15, 0.2) is 59.9 Å². The first-order chi connectivity index (χ1) is 14.2. The Bertz CT molecular complexity index is 951. The lowest BCUT2D eigenvalue weighted by Gasteiger charge is -2.11. The Labute approximate surface area is 194 Å². The Morgan fingerprint density at radius 3 is 2.77 bits per heavy atom. The third kappa shape index (κ3) is 6.72. The Morgan fingerprint density at radius 2 is 2.00 bits per heavy atom. The Morgan fingerprint density at radius 1 is 1.13 bits per heavy atom. The summed E-state index contributed by atoms with van der Waals surface area (Å²) in [4.78, 5) is 21.0. The molecule has 3 N–H and O–H groups in total. The van der Waals surface area contributed by atoms with Gasteiger partial charge in [-0.25, -0.2) is 4.98 Å². The fourth-order valence-corrected chi connectivity index (χ4v) is 3.07. The second kappa shape index (κ2) is 12.2. The average molecular weight is 520 g/mol. The van der Waals surface area contributed by atoms with E-state index in [9.17, 15) is 4.79 Å². The van der Waals surface area contributed by atoms with Crippen molar-refractivity contribution in [2.45, 2.75) is 19.8 Å². The standard InChI is InChI=1S/C22H28N6O.HI/c1-3-24-22(25-12-10-17-7-6-8-18(15-17)21(29)23-2)26-13-11-19-16-28-14-5-4-9-20(28)27-19;/h4-9,14-16H,3,10-13H2,1-2H3,(H,23,29)(H2,24,25,26);1H. The summed E-state index contributed by atoms with van der Waals surface area (Å²) in [6.07, 6.45) is 5.64. The predicted molar refractivity (Wildman–Crippen MR) is 132 cm³/mol. The zero-order valence-electron chi connectivity index (χ0n) is 17.4. The van der Waals surface area contributed by atoms with E-state index in [0.717, 1.165) is 48.8 Å². The molecule has 160 valence electrons. The number of benzene rings is 1. The van der Waals surface area contributed by atoms with E-state index in [1.165, 1.54) is 0 Å². The molecule has 0 aliphatic heterocycles. The monoisotopic (exact) mass is 520 g/mol. The summed E-state index contributed by atoms with van der Waals surface area (Å²) in [5.41, 5.74) is 3.77. The van der Waals surface area contributed by atoms with Crippen LogP contribution >= 0.6 is 24.0 Å². The number of hydrogen-bond acceptors (Lipinski definition) is 3. The summed E-state index contributed by atoms with van der Waals surface area (Å²) in [7, 11) is 1.64. The highest BCUT2D eigenvalue weighted by Gasteiger charge is 2.05. The van der Waals surface area contributed by atoms with E-state index in [2.05, 4.69) is 25.9 Å². The average Bonchev–Trinajstić information content (AvgIpc) is 3.16. The molecule has 0 bridgehead atoms. The van der Waals surface area contributed by atoms with Gasteiger partial charge in [-0.1, -0.05) is 18.2 Å². The number of aromatic nitrogens is 2. The smallest absolute Gasteiger partial charge is 0.251 e. The van der Waals surface area contributed by atoms with E-state index >= 15 is 0 Å². The highest BCUT2D eigenvalue weighted by molar-refractivity contribution is 14.0. The van der Waals surface area contributed by atoms with Crippen molar-refractivity contribution in [2.75, 3.05) is 26.7 Å². The molecule has 0 saturated heterocycles. The van der Waals surface area contributed by atoms with Crippen LogP contribution in [0, 0.1) is 0 Å². The van der Waals surface area contributed by atoms with Crippen molar-refractivity contribution in [2.24, 2.45) is 4.99 Å². The lowest BCUT2D eigenvalue weighted by atomic mass is 10.1. The van der Waals surface area contributed by atoms with Gasteiger partial charge in [-0.2, -0.15) is 0 Å². The van der Waals surface area contributed by atoms with Crippen molar-refractivity contribution >= 4 is 41.5 Å². The first-order valence-corrected chi connectivity index (χ1v) is 9.95. The number of hydrogen-bond donors (Lipinski definition) is 3. The molecule has 0 unspecified atom stereocenters. The van der Waals surface area contributed by atoms with Crippen LogP contribution in [0.2, 0.25) is 0 Å².